The molecule has 0 radical (unpaired) electrons. The number of benzene rings is 1. The lowest BCUT2D eigenvalue weighted by atomic mass is 9.98. The van der Waals surface area contributed by atoms with Crippen LogP contribution in [-0.2, 0) is 6.54 Å². The third-order valence-electron chi connectivity index (χ3n) is 3.17. The summed E-state index contributed by atoms with van der Waals surface area (Å²) in [4.78, 5) is 0. The fourth-order valence-corrected chi connectivity index (χ4v) is 2.10. The molecular weight excluding hydrogens is 336 g/mol. The van der Waals surface area contributed by atoms with Crippen molar-refractivity contribution >= 4 is 15.9 Å². The van der Waals surface area contributed by atoms with Gasteiger partial charge in [-0.2, -0.15) is 8.78 Å². The number of hydrogen-bond acceptors (Lipinski definition) is 4. The van der Waals surface area contributed by atoms with Crippen molar-refractivity contribution in [3.05, 3.63) is 28.2 Å². The Balaban J connectivity index is 2.87. The van der Waals surface area contributed by atoms with Crippen molar-refractivity contribution in [3.63, 3.8) is 0 Å². The number of rotatable bonds is 8. The second-order valence-electron chi connectivity index (χ2n) is 4.43. The second-order valence-corrected chi connectivity index (χ2v) is 5.35. The molecule has 0 saturated carbocycles. The third kappa shape index (κ3) is 4.66. The van der Waals surface area contributed by atoms with E-state index in [1.807, 2.05) is 6.92 Å². The maximum Gasteiger partial charge on any atom is 0.387 e. The van der Waals surface area contributed by atoms with E-state index in [9.17, 15) is 19.0 Å². The maximum atomic E-state index is 12.3. The summed E-state index contributed by atoms with van der Waals surface area (Å²) < 4.78 is 29.9. The minimum Gasteiger partial charge on any atom is -0.434 e. The predicted octanol–water partition coefficient (Wildman–Crippen LogP) is 2.27. The van der Waals surface area contributed by atoms with Gasteiger partial charge in [-0.05, 0) is 24.6 Å². The summed E-state index contributed by atoms with van der Waals surface area (Å²) in [6, 6.07) is 4.70. The molecule has 4 nitrogen and oxygen atoms in total. The molecule has 0 heterocycles. The standard InChI is InChI=1S/C13H18BrF2NO3/c1-2-13(7-18,8-19)17-6-9-5-10(14)3-4-11(9)20-12(15)16/h3-5,12,17-19H,2,6-8H2,1H3. The first-order chi connectivity index (χ1) is 9.46. The first kappa shape index (κ1) is 17.3. The van der Waals surface area contributed by atoms with Crippen LogP contribution in [0.3, 0.4) is 0 Å². The average molecular weight is 354 g/mol. The zero-order valence-corrected chi connectivity index (χ0v) is 12.7. The van der Waals surface area contributed by atoms with Crippen molar-refractivity contribution in [2.75, 3.05) is 13.2 Å². The molecule has 114 valence electrons. The number of hydrogen-bond donors (Lipinski definition) is 3. The van der Waals surface area contributed by atoms with Gasteiger partial charge in [0.15, 0.2) is 0 Å². The van der Waals surface area contributed by atoms with Gasteiger partial charge in [-0.25, -0.2) is 0 Å². The highest BCUT2D eigenvalue weighted by Gasteiger charge is 2.26. The molecule has 0 aliphatic heterocycles. The van der Waals surface area contributed by atoms with Crippen LogP contribution < -0.4 is 10.1 Å². The van der Waals surface area contributed by atoms with E-state index in [0.717, 1.165) is 4.47 Å². The van der Waals surface area contributed by atoms with Crippen LogP contribution in [0.1, 0.15) is 18.9 Å². The fraction of sp³-hybridized carbons (Fsp3) is 0.538. The number of halogens is 3. The summed E-state index contributed by atoms with van der Waals surface area (Å²) in [7, 11) is 0. The van der Waals surface area contributed by atoms with Crippen LogP contribution in [0.4, 0.5) is 8.78 Å². The third-order valence-corrected chi connectivity index (χ3v) is 3.67. The number of aliphatic hydroxyl groups excluding tert-OH is 2. The van der Waals surface area contributed by atoms with E-state index in [1.54, 1.807) is 12.1 Å². The maximum absolute atomic E-state index is 12.3. The number of nitrogens with one attached hydrogen (secondary N) is 1. The molecule has 0 aromatic heterocycles. The van der Waals surface area contributed by atoms with E-state index in [4.69, 9.17) is 0 Å². The lowest BCUT2D eigenvalue weighted by Gasteiger charge is -2.30. The number of alkyl halides is 2. The van der Waals surface area contributed by atoms with Gasteiger partial charge in [0.2, 0.25) is 0 Å². The predicted molar refractivity (Wildman–Crippen MR) is 74.8 cm³/mol. The van der Waals surface area contributed by atoms with Crippen LogP contribution in [0.25, 0.3) is 0 Å². The Morgan fingerprint density at radius 3 is 2.50 bits per heavy atom. The summed E-state index contributed by atoms with van der Waals surface area (Å²) in [6.45, 7) is -1.40. The molecule has 3 N–H and O–H groups in total. The Labute approximate surface area is 124 Å². The highest BCUT2D eigenvalue weighted by molar-refractivity contribution is 9.10. The Morgan fingerprint density at radius 2 is 2.00 bits per heavy atom. The Bertz CT molecular complexity index is 420. The smallest absolute Gasteiger partial charge is 0.387 e. The summed E-state index contributed by atoms with van der Waals surface area (Å²) in [5.74, 6) is 0.0663. The van der Waals surface area contributed by atoms with Crippen molar-refractivity contribution in [3.8, 4) is 5.75 Å². The average Bonchev–Trinajstić information content (AvgIpc) is 2.43. The zero-order chi connectivity index (χ0) is 15.2. The first-order valence-corrected chi connectivity index (χ1v) is 6.95. The summed E-state index contributed by atoms with van der Waals surface area (Å²) >= 11 is 3.26. The van der Waals surface area contributed by atoms with Crippen LogP contribution in [0.2, 0.25) is 0 Å². The quantitative estimate of drug-likeness (QED) is 0.670. The van der Waals surface area contributed by atoms with Gasteiger partial charge in [-0.15, -0.1) is 0 Å². The van der Waals surface area contributed by atoms with Crippen LogP contribution in [0.15, 0.2) is 22.7 Å². The molecule has 1 aromatic carbocycles. The van der Waals surface area contributed by atoms with Crippen molar-refractivity contribution < 1.29 is 23.7 Å². The molecule has 0 aliphatic rings. The second kappa shape index (κ2) is 7.87. The van der Waals surface area contributed by atoms with E-state index in [2.05, 4.69) is 26.0 Å². The monoisotopic (exact) mass is 353 g/mol. The molecule has 0 aliphatic carbocycles. The molecule has 0 atom stereocenters. The van der Waals surface area contributed by atoms with E-state index >= 15 is 0 Å². The summed E-state index contributed by atoms with van der Waals surface area (Å²) in [5.41, 5.74) is -0.330. The van der Waals surface area contributed by atoms with Crippen LogP contribution in [0, 0.1) is 0 Å². The van der Waals surface area contributed by atoms with Crippen LogP contribution in [0.5, 0.6) is 5.75 Å². The molecule has 20 heavy (non-hydrogen) atoms. The van der Waals surface area contributed by atoms with Crippen molar-refractivity contribution in [2.45, 2.75) is 32.0 Å². The Kier molecular flexibility index (Phi) is 6.81. The largest absolute Gasteiger partial charge is 0.434 e. The zero-order valence-electron chi connectivity index (χ0n) is 11.1. The number of ether oxygens (including phenoxy) is 1. The van der Waals surface area contributed by atoms with Crippen molar-refractivity contribution in [1.29, 1.82) is 0 Å². The minimum atomic E-state index is -2.90. The molecule has 0 unspecified atom stereocenters. The van der Waals surface area contributed by atoms with Gasteiger partial charge in [-0.3, -0.25) is 0 Å². The van der Waals surface area contributed by atoms with E-state index in [-0.39, 0.29) is 25.5 Å². The normalized spacial score (nSPS) is 11.9. The first-order valence-electron chi connectivity index (χ1n) is 6.16. The van der Waals surface area contributed by atoms with Gasteiger partial charge in [0, 0.05) is 16.6 Å². The molecule has 0 saturated heterocycles. The Morgan fingerprint density at radius 1 is 1.35 bits per heavy atom. The van der Waals surface area contributed by atoms with Gasteiger partial charge in [0.25, 0.3) is 0 Å². The van der Waals surface area contributed by atoms with E-state index < -0.39 is 12.2 Å². The van der Waals surface area contributed by atoms with Gasteiger partial charge >= 0.3 is 6.61 Å². The Hall–Kier alpha value is -0.760. The highest BCUT2D eigenvalue weighted by atomic mass is 79.9. The van der Waals surface area contributed by atoms with Crippen LogP contribution >= 0.6 is 15.9 Å². The molecule has 1 rings (SSSR count). The lowest BCUT2D eigenvalue weighted by Crippen LogP contribution is -2.50. The molecular formula is C13H18BrF2NO3. The van der Waals surface area contributed by atoms with Gasteiger partial charge in [0.05, 0.1) is 18.8 Å². The molecule has 7 heteroatoms. The van der Waals surface area contributed by atoms with Crippen LogP contribution in [-0.4, -0.2) is 35.6 Å². The summed E-state index contributed by atoms with van der Waals surface area (Å²) in [6.07, 6.45) is 0.499. The van der Waals surface area contributed by atoms with Gasteiger partial charge in [0.1, 0.15) is 5.75 Å². The van der Waals surface area contributed by atoms with E-state index in [1.165, 1.54) is 6.07 Å². The topological polar surface area (TPSA) is 61.7 Å². The SMILES string of the molecule is CCC(CO)(CO)NCc1cc(Br)ccc1OC(F)F. The minimum absolute atomic E-state index is 0.0663. The van der Waals surface area contributed by atoms with Crippen molar-refractivity contribution in [1.82, 2.24) is 5.32 Å². The van der Waals surface area contributed by atoms with Gasteiger partial charge in [-0.1, -0.05) is 22.9 Å². The molecule has 1 aromatic rings. The molecule has 0 spiro atoms. The molecule has 0 amide bonds. The highest BCUT2D eigenvalue weighted by Crippen LogP contribution is 2.25. The number of aliphatic hydroxyl groups is 2. The van der Waals surface area contributed by atoms with Crippen molar-refractivity contribution in [2.24, 2.45) is 0 Å². The summed E-state index contributed by atoms with van der Waals surface area (Å²) in [5, 5.41) is 21.7. The molecule has 0 bridgehead atoms. The molecule has 0 fully saturated rings. The van der Waals surface area contributed by atoms with Gasteiger partial charge < -0.3 is 20.3 Å². The van der Waals surface area contributed by atoms with E-state index in [0.29, 0.717) is 12.0 Å². The fourth-order valence-electron chi connectivity index (χ4n) is 1.69. The lowest BCUT2D eigenvalue weighted by molar-refractivity contribution is -0.0506.